The van der Waals surface area contributed by atoms with Crippen LogP contribution in [0.3, 0.4) is 0 Å². The molecule has 6 nitrogen and oxygen atoms in total. The van der Waals surface area contributed by atoms with Gasteiger partial charge in [0.25, 0.3) is 0 Å². The summed E-state index contributed by atoms with van der Waals surface area (Å²) >= 11 is 0. The molecule has 0 aliphatic heterocycles. The number of nitrogen functional groups attached to an aromatic ring is 1. The van der Waals surface area contributed by atoms with E-state index in [9.17, 15) is 4.79 Å². The third-order valence-electron chi connectivity index (χ3n) is 3.43. The first-order valence-corrected chi connectivity index (χ1v) is 6.66. The van der Waals surface area contributed by atoms with Gasteiger partial charge < -0.3 is 16.2 Å². The molecule has 1 atom stereocenters. The third-order valence-corrected chi connectivity index (χ3v) is 3.43. The molecule has 0 saturated carbocycles. The minimum atomic E-state index is -0.0815. The molecule has 0 spiro atoms. The lowest BCUT2D eigenvalue weighted by molar-refractivity contribution is -0.122. The summed E-state index contributed by atoms with van der Waals surface area (Å²) in [4.78, 5) is 11.8. The van der Waals surface area contributed by atoms with E-state index in [0.29, 0.717) is 24.6 Å². The van der Waals surface area contributed by atoms with Crippen molar-refractivity contribution in [2.75, 3.05) is 18.9 Å². The van der Waals surface area contributed by atoms with Gasteiger partial charge in [0.05, 0.1) is 17.1 Å². The Morgan fingerprint density at radius 2 is 2.21 bits per heavy atom. The van der Waals surface area contributed by atoms with E-state index in [1.807, 2.05) is 20.8 Å². The summed E-state index contributed by atoms with van der Waals surface area (Å²) < 4.78 is 1.62. The molecule has 1 amide bonds. The maximum absolute atomic E-state index is 11.8. The number of carbonyl (C=O) groups excluding carboxylic acids is 1. The molecule has 0 saturated heterocycles. The van der Waals surface area contributed by atoms with Crippen LogP contribution < -0.4 is 11.1 Å². The average molecular weight is 268 g/mol. The van der Waals surface area contributed by atoms with Gasteiger partial charge in [-0.05, 0) is 26.2 Å². The quantitative estimate of drug-likeness (QED) is 0.675. The maximum Gasteiger partial charge on any atom is 0.241 e. The number of amides is 1. The Labute approximate surface area is 114 Å². The molecule has 4 N–H and O–H groups in total. The smallest absolute Gasteiger partial charge is 0.241 e. The van der Waals surface area contributed by atoms with E-state index in [1.165, 1.54) is 0 Å². The Hall–Kier alpha value is -1.56. The van der Waals surface area contributed by atoms with E-state index in [0.717, 1.165) is 17.8 Å². The van der Waals surface area contributed by atoms with Gasteiger partial charge in [-0.1, -0.05) is 13.3 Å². The van der Waals surface area contributed by atoms with E-state index in [-0.39, 0.29) is 19.1 Å². The number of aryl methyl sites for hydroxylation is 1. The van der Waals surface area contributed by atoms with Crippen LogP contribution in [0.1, 0.15) is 31.2 Å². The van der Waals surface area contributed by atoms with Crippen molar-refractivity contribution in [1.82, 2.24) is 15.1 Å². The van der Waals surface area contributed by atoms with E-state index in [2.05, 4.69) is 10.4 Å². The number of carbonyl (C=O) groups is 1. The average Bonchev–Trinajstić information content (AvgIpc) is 2.62. The molecule has 1 unspecified atom stereocenters. The predicted octanol–water partition coefficient (Wildman–Crippen LogP) is 0.607. The fourth-order valence-corrected chi connectivity index (χ4v) is 1.95. The van der Waals surface area contributed by atoms with Crippen LogP contribution in [0.5, 0.6) is 0 Å². The van der Waals surface area contributed by atoms with Crippen LogP contribution >= 0.6 is 0 Å². The normalized spacial score (nSPS) is 12.4. The summed E-state index contributed by atoms with van der Waals surface area (Å²) in [7, 11) is 0. The van der Waals surface area contributed by atoms with E-state index in [1.54, 1.807) is 4.68 Å². The largest absolute Gasteiger partial charge is 0.396 e. The lowest BCUT2D eigenvalue weighted by atomic mass is 10.0. The Kier molecular flexibility index (Phi) is 5.82. The molecular formula is C13H24N4O2. The van der Waals surface area contributed by atoms with Crippen molar-refractivity contribution in [3.05, 3.63) is 11.4 Å². The van der Waals surface area contributed by atoms with Gasteiger partial charge in [0, 0.05) is 13.2 Å². The number of nitrogens with zero attached hydrogens (tertiary/aromatic N) is 2. The number of anilines is 1. The van der Waals surface area contributed by atoms with Crippen LogP contribution in [0.25, 0.3) is 0 Å². The first-order chi connectivity index (χ1) is 8.99. The predicted molar refractivity (Wildman–Crippen MR) is 74.6 cm³/mol. The van der Waals surface area contributed by atoms with Gasteiger partial charge in [0.15, 0.2) is 0 Å². The molecule has 1 heterocycles. The van der Waals surface area contributed by atoms with Crippen LogP contribution in [0.2, 0.25) is 0 Å². The summed E-state index contributed by atoms with van der Waals surface area (Å²) in [6, 6.07) is 0. The minimum Gasteiger partial charge on any atom is -0.396 e. The van der Waals surface area contributed by atoms with Crippen LogP contribution in [-0.4, -0.2) is 33.9 Å². The number of hydrogen-bond donors (Lipinski definition) is 3. The molecule has 19 heavy (non-hydrogen) atoms. The molecule has 108 valence electrons. The SMILES string of the molecule is CCC(CCO)CNC(=O)Cn1nc(C)c(N)c1C. The molecule has 0 aromatic carbocycles. The zero-order valence-corrected chi connectivity index (χ0v) is 11.9. The highest BCUT2D eigenvalue weighted by molar-refractivity contribution is 5.75. The van der Waals surface area contributed by atoms with Crippen molar-refractivity contribution in [2.24, 2.45) is 5.92 Å². The topological polar surface area (TPSA) is 93.2 Å². The molecular weight excluding hydrogens is 244 g/mol. The van der Waals surface area contributed by atoms with Crippen molar-refractivity contribution in [1.29, 1.82) is 0 Å². The number of aliphatic hydroxyl groups is 1. The molecule has 0 radical (unpaired) electrons. The number of nitrogens with one attached hydrogen (secondary N) is 1. The van der Waals surface area contributed by atoms with Gasteiger partial charge in [-0.15, -0.1) is 0 Å². The lowest BCUT2D eigenvalue weighted by Crippen LogP contribution is -2.32. The second kappa shape index (κ2) is 7.13. The van der Waals surface area contributed by atoms with Gasteiger partial charge >= 0.3 is 0 Å². The number of nitrogens with two attached hydrogens (primary N) is 1. The molecule has 6 heteroatoms. The lowest BCUT2D eigenvalue weighted by Gasteiger charge is -2.14. The monoisotopic (exact) mass is 268 g/mol. The standard InChI is InChI=1S/C13H24N4O2/c1-4-11(5-6-18)7-15-12(19)8-17-10(3)13(14)9(2)16-17/h11,18H,4-8,14H2,1-3H3,(H,15,19). The van der Waals surface area contributed by atoms with E-state index in [4.69, 9.17) is 10.8 Å². The van der Waals surface area contributed by atoms with Crippen LogP contribution in [0, 0.1) is 19.8 Å². The second-order valence-corrected chi connectivity index (χ2v) is 4.83. The van der Waals surface area contributed by atoms with E-state index < -0.39 is 0 Å². The second-order valence-electron chi connectivity index (χ2n) is 4.83. The highest BCUT2D eigenvalue weighted by Crippen LogP contribution is 2.14. The molecule has 1 aromatic heterocycles. The molecule has 1 aromatic rings. The van der Waals surface area contributed by atoms with Gasteiger partial charge in [0.2, 0.25) is 5.91 Å². The fourth-order valence-electron chi connectivity index (χ4n) is 1.95. The minimum absolute atomic E-state index is 0.0815. The Morgan fingerprint density at radius 1 is 1.53 bits per heavy atom. The van der Waals surface area contributed by atoms with Gasteiger partial charge in [-0.2, -0.15) is 5.10 Å². The first-order valence-electron chi connectivity index (χ1n) is 6.66. The Morgan fingerprint density at radius 3 is 2.68 bits per heavy atom. The first kappa shape index (κ1) is 15.5. The number of hydrogen-bond acceptors (Lipinski definition) is 4. The summed E-state index contributed by atoms with van der Waals surface area (Å²) in [5.74, 6) is 0.237. The van der Waals surface area contributed by atoms with Crippen molar-refractivity contribution in [2.45, 2.75) is 40.2 Å². The highest BCUT2D eigenvalue weighted by Gasteiger charge is 2.12. The number of aromatic nitrogens is 2. The number of aliphatic hydroxyl groups excluding tert-OH is 1. The summed E-state index contributed by atoms with van der Waals surface area (Å²) in [6.07, 6.45) is 1.65. The van der Waals surface area contributed by atoms with Crippen molar-refractivity contribution >= 4 is 11.6 Å². The van der Waals surface area contributed by atoms with Crippen LogP contribution in [0.15, 0.2) is 0 Å². The van der Waals surface area contributed by atoms with Gasteiger partial charge in [-0.3, -0.25) is 9.48 Å². The summed E-state index contributed by atoms with van der Waals surface area (Å²) in [5.41, 5.74) is 8.02. The zero-order valence-electron chi connectivity index (χ0n) is 11.9. The van der Waals surface area contributed by atoms with Gasteiger partial charge in [0.1, 0.15) is 6.54 Å². The molecule has 0 aliphatic rings. The number of rotatable bonds is 7. The summed E-state index contributed by atoms with van der Waals surface area (Å²) in [6.45, 7) is 6.65. The molecule has 0 aliphatic carbocycles. The van der Waals surface area contributed by atoms with Gasteiger partial charge in [-0.25, -0.2) is 0 Å². The zero-order chi connectivity index (χ0) is 14.4. The van der Waals surface area contributed by atoms with Crippen LogP contribution in [-0.2, 0) is 11.3 Å². The summed E-state index contributed by atoms with van der Waals surface area (Å²) in [5, 5.41) is 16.0. The molecule has 0 bridgehead atoms. The molecule has 1 rings (SSSR count). The highest BCUT2D eigenvalue weighted by atomic mass is 16.3. The fraction of sp³-hybridized carbons (Fsp3) is 0.692. The van der Waals surface area contributed by atoms with Crippen molar-refractivity contribution in [3.8, 4) is 0 Å². The van der Waals surface area contributed by atoms with Crippen molar-refractivity contribution in [3.63, 3.8) is 0 Å². The molecule has 0 fully saturated rings. The van der Waals surface area contributed by atoms with Crippen LogP contribution in [0.4, 0.5) is 5.69 Å². The van der Waals surface area contributed by atoms with Crippen molar-refractivity contribution < 1.29 is 9.90 Å². The third kappa shape index (κ3) is 4.24. The Balaban J connectivity index is 2.49. The Bertz CT molecular complexity index is 429. The maximum atomic E-state index is 11.8. The van der Waals surface area contributed by atoms with E-state index >= 15 is 0 Å².